The van der Waals surface area contributed by atoms with Crippen molar-refractivity contribution in [3.05, 3.63) is 18.1 Å². The van der Waals surface area contributed by atoms with Gasteiger partial charge in [-0.15, -0.1) is 0 Å². The van der Waals surface area contributed by atoms with Crippen LogP contribution in [0.5, 0.6) is 0 Å². The molecule has 0 aliphatic heterocycles. The molecule has 0 fully saturated rings. The topological polar surface area (TPSA) is 42.9 Å². The van der Waals surface area contributed by atoms with Gasteiger partial charge in [0.25, 0.3) is 0 Å². The van der Waals surface area contributed by atoms with Gasteiger partial charge in [0.2, 0.25) is 0 Å². The fraction of sp³-hybridized carbons (Fsp3) is 0.333. The van der Waals surface area contributed by atoms with E-state index in [-0.39, 0.29) is 0 Å². The molecule has 0 N–H and O–H groups in total. The van der Waals surface area contributed by atoms with Gasteiger partial charge in [-0.1, -0.05) is 0 Å². The molecule has 10 heavy (non-hydrogen) atoms. The molecule has 54 valence electrons. The van der Waals surface area contributed by atoms with E-state index in [0.29, 0.717) is 5.03 Å². The summed E-state index contributed by atoms with van der Waals surface area (Å²) in [7, 11) is -1.01. The average molecular weight is 156 g/mol. The molecule has 0 aliphatic rings. The Morgan fingerprint density at radius 2 is 2.00 bits per heavy atom. The van der Waals surface area contributed by atoms with E-state index in [1.165, 1.54) is 0 Å². The van der Waals surface area contributed by atoms with Gasteiger partial charge in [-0.2, -0.15) is 0 Å². The van der Waals surface area contributed by atoms with Gasteiger partial charge in [0.15, 0.2) is 0 Å². The largest absolute Gasteiger partial charge is 0.257 e. The predicted molar refractivity (Wildman–Crippen MR) is 39.1 cm³/mol. The third-order valence-corrected chi connectivity index (χ3v) is 2.05. The van der Waals surface area contributed by atoms with E-state index in [2.05, 4.69) is 9.97 Å². The Kier molecular flexibility index (Phi) is 2.11. The van der Waals surface area contributed by atoms with Gasteiger partial charge < -0.3 is 0 Å². The minimum absolute atomic E-state index is 0.572. The highest BCUT2D eigenvalue weighted by atomic mass is 32.2. The summed E-state index contributed by atoms with van der Waals surface area (Å²) in [4.78, 5) is 7.86. The van der Waals surface area contributed by atoms with Gasteiger partial charge in [-0.05, 0) is 6.92 Å². The lowest BCUT2D eigenvalue weighted by atomic mass is 10.5. The highest BCUT2D eigenvalue weighted by Gasteiger charge is 2.01. The van der Waals surface area contributed by atoms with Crippen LogP contribution in [-0.2, 0) is 10.8 Å². The van der Waals surface area contributed by atoms with Crippen molar-refractivity contribution in [2.75, 3.05) is 6.26 Å². The van der Waals surface area contributed by atoms with Crippen molar-refractivity contribution in [2.45, 2.75) is 11.9 Å². The molecule has 0 bridgehead atoms. The molecule has 0 amide bonds. The Morgan fingerprint density at radius 1 is 1.40 bits per heavy atom. The third kappa shape index (κ3) is 1.39. The van der Waals surface area contributed by atoms with Crippen LogP contribution in [0.1, 0.15) is 5.69 Å². The van der Waals surface area contributed by atoms with Crippen LogP contribution in [0.3, 0.4) is 0 Å². The molecule has 0 aromatic carbocycles. The van der Waals surface area contributed by atoms with Crippen LogP contribution in [0.15, 0.2) is 17.4 Å². The Labute approximate surface area is 62.0 Å². The molecular weight excluding hydrogens is 148 g/mol. The summed E-state index contributed by atoms with van der Waals surface area (Å²) in [5.74, 6) is 0. The van der Waals surface area contributed by atoms with Gasteiger partial charge in [0.05, 0.1) is 16.5 Å². The van der Waals surface area contributed by atoms with Gasteiger partial charge in [0.1, 0.15) is 5.03 Å². The van der Waals surface area contributed by atoms with Gasteiger partial charge >= 0.3 is 0 Å². The van der Waals surface area contributed by atoms with Crippen molar-refractivity contribution in [2.24, 2.45) is 0 Å². The molecule has 0 unspecified atom stereocenters. The first-order valence-electron chi connectivity index (χ1n) is 2.83. The standard InChI is InChI=1S/C6H8N2OS/c1-5-6(10(2)9)8-4-3-7-5/h3-4H,1-2H3/t10-/m1/s1. The lowest BCUT2D eigenvalue weighted by Gasteiger charge is -1.96. The van der Waals surface area contributed by atoms with E-state index in [1.54, 1.807) is 25.6 Å². The summed E-state index contributed by atoms with van der Waals surface area (Å²) in [5.41, 5.74) is 0.739. The molecule has 0 aliphatic carbocycles. The predicted octanol–water partition coefficient (Wildman–Crippen LogP) is 0.522. The van der Waals surface area contributed by atoms with E-state index >= 15 is 0 Å². The Morgan fingerprint density at radius 3 is 2.40 bits per heavy atom. The minimum Gasteiger partial charge on any atom is -0.257 e. The summed E-state index contributed by atoms with van der Waals surface area (Å²) in [5, 5.41) is 0.572. The van der Waals surface area contributed by atoms with Crippen molar-refractivity contribution in [1.82, 2.24) is 9.97 Å². The molecule has 0 radical (unpaired) electrons. The van der Waals surface area contributed by atoms with Gasteiger partial charge in [0, 0.05) is 18.6 Å². The number of hydrogen-bond acceptors (Lipinski definition) is 3. The Hall–Kier alpha value is -0.770. The maximum atomic E-state index is 10.9. The third-order valence-electron chi connectivity index (χ3n) is 1.11. The lowest BCUT2D eigenvalue weighted by Crippen LogP contribution is -1.96. The van der Waals surface area contributed by atoms with Crippen LogP contribution in [-0.4, -0.2) is 20.4 Å². The smallest absolute Gasteiger partial charge is 0.148 e. The quantitative estimate of drug-likeness (QED) is 0.595. The first-order chi connectivity index (χ1) is 4.72. The maximum absolute atomic E-state index is 10.9. The van der Waals surface area contributed by atoms with Gasteiger partial charge in [-0.3, -0.25) is 9.19 Å². The molecule has 1 atom stereocenters. The number of rotatable bonds is 1. The van der Waals surface area contributed by atoms with E-state index in [9.17, 15) is 4.21 Å². The summed E-state index contributed by atoms with van der Waals surface area (Å²) >= 11 is 0. The fourth-order valence-electron chi connectivity index (χ4n) is 0.677. The molecule has 0 saturated heterocycles. The molecule has 0 spiro atoms. The summed E-state index contributed by atoms with van der Waals surface area (Å²) in [6.45, 7) is 1.80. The fourth-order valence-corrected chi connectivity index (χ4v) is 1.36. The Balaban J connectivity index is 3.15. The van der Waals surface area contributed by atoms with Crippen molar-refractivity contribution in [3.63, 3.8) is 0 Å². The molecular formula is C6H8N2OS. The van der Waals surface area contributed by atoms with Crippen molar-refractivity contribution >= 4 is 10.8 Å². The monoisotopic (exact) mass is 156 g/mol. The zero-order chi connectivity index (χ0) is 7.56. The molecule has 1 aromatic heterocycles. The van der Waals surface area contributed by atoms with E-state index in [1.807, 2.05) is 0 Å². The first-order valence-corrected chi connectivity index (χ1v) is 4.38. The second-order valence-corrected chi connectivity index (χ2v) is 3.20. The van der Waals surface area contributed by atoms with Crippen molar-refractivity contribution in [1.29, 1.82) is 0 Å². The Bertz CT molecular complexity index is 262. The SMILES string of the molecule is Cc1nccnc1[S@@](C)=O. The highest BCUT2D eigenvalue weighted by Crippen LogP contribution is 2.02. The van der Waals surface area contributed by atoms with Crippen molar-refractivity contribution < 1.29 is 4.21 Å². The number of aromatic nitrogens is 2. The highest BCUT2D eigenvalue weighted by molar-refractivity contribution is 7.84. The van der Waals surface area contributed by atoms with Crippen LogP contribution in [0.4, 0.5) is 0 Å². The number of hydrogen-bond donors (Lipinski definition) is 0. The van der Waals surface area contributed by atoms with Crippen LogP contribution in [0.25, 0.3) is 0 Å². The van der Waals surface area contributed by atoms with Crippen LogP contribution >= 0.6 is 0 Å². The number of nitrogens with zero attached hydrogens (tertiary/aromatic N) is 2. The zero-order valence-corrected chi connectivity index (χ0v) is 6.68. The summed E-state index contributed by atoms with van der Waals surface area (Å²) in [6, 6.07) is 0. The van der Waals surface area contributed by atoms with Crippen LogP contribution in [0.2, 0.25) is 0 Å². The van der Waals surface area contributed by atoms with E-state index in [4.69, 9.17) is 0 Å². The average Bonchev–Trinajstić information content (AvgIpc) is 1.88. The van der Waals surface area contributed by atoms with Crippen LogP contribution in [0, 0.1) is 6.92 Å². The lowest BCUT2D eigenvalue weighted by molar-refractivity contribution is 0.682. The summed E-state index contributed by atoms with van der Waals surface area (Å²) < 4.78 is 10.9. The molecule has 3 nitrogen and oxygen atoms in total. The maximum Gasteiger partial charge on any atom is 0.148 e. The second-order valence-electron chi connectivity index (χ2n) is 1.90. The number of aryl methyl sites for hydroxylation is 1. The molecule has 1 heterocycles. The summed E-state index contributed by atoms with van der Waals surface area (Å²) in [6.07, 6.45) is 4.73. The molecule has 1 rings (SSSR count). The van der Waals surface area contributed by atoms with E-state index < -0.39 is 10.8 Å². The van der Waals surface area contributed by atoms with Crippen molar-refractivity contribution in [3.8, 4) is 0 Å². The molecule has 0 saturated carbocycles. The minimum atomic E-state index is -1.01. The van der Waals surface area contributed by atoms with Crippen LogP contribution < -0.4 is 0 Å². The zero-order valence-electron chi connectivity index (χ0n) is 5.87. The second kappa shape index (κ2) is 2.88. The molecule has 4 heteroatoms. The normalized spacial score (nSPS) is 13.0. The van der Waals surface area contributed by atoms with E-state index in [0.717, 1.165) is 5.69 Å². The first kappa shape index (κ1) is 7.34. The van der Waals surface area contributed by atoms with Gasteiger partial charge in [-0.25, -0.2) is 4.98 Å². The molecule has 1 aromatic rings.